The molecular weight excluding hydrogens is 363 g/mol. The minimum absolute atomic E-state index is 0. The average molecular weight is 368 g/mol. The topological polar surface area (TPSA) is 51.2 Å². The van der Waals surface area contributed by atoms with Crippen LogP contribution < -0.4 is 12.4 Å². The molecule has 0 fully saturated rings. The summed E-state index contributed by atoms with van der Waals surface area (Å²) < 4.78 is 1.55. The summed E-state index contributed by atoms with van der Waals surface area (Å²) in [5, 5.41) is 0. The van der Waals surface area contributed by atoms with Gasteiger partial charge in [0.15, 0.2) is 0 Å². The maximum atomic E-state index is 7.50. The van der Waals surface area contributed by atoms with E-state index in [4.69, 9.17) is 14.4 Å². The Bertz CT molecular complexity index is 144. The van der Waals surface area contributed by atoms with Gasteiger partial charge < -0.3 is 12.4 Å². The summed E-state index contributed by atoms with van der Waals surface area (Å²) in [6.45, 7) is 13.5. The predicted octanol–water partition coefficient (Wildman–Crippen LogP) is -2.81. The van der Waals surface area contributed by atoms with Crippen molar-refractivity contribution < 1.29 is 46.6 Å². The molecule has 0 N–H and O–H groups in total. The van der Waals surface area contributed by atoms with Crippen LogP contribution in [0.2, 0.25) is 0 Å². The van der Waals surface area contributed by atoms with Crippen LogP contribution in [0.3, 0.4) is 0 Å². The van der Waals surface area contributed by atoms with Crippen molar-refractivity contribution >= 4 is 20.4 Å². The summed E-state index contributed by atoms with van der Waals surface area (Å²) in [6.07, 6.45) is 7.68. The fourth-order valence-corrected chi connectivity index (χ4v) is 1.06. The molecule has 0 heterocycles. The van der Waals surface area contributed by atoms with E-state index in [1.807, 2.05) is 0 Å². The van der Waals surface area contributed by atoms with E-state index in [2.05, 4.69) is 38.6 Å². The molecule has 0 aromatic heterocycles. The first-order valence-corrected chi connectivity index (χ1v) is 4.00. The molecule has 0 aromatic rings. The summed E-state index contributed by atoms with van der Waals surface area (Å²) in [7, 11) is 0. The second-order valence-electron chi connectivity index (χ2n) is 1.27. The van der Waals surface area contributed by atoms with Crippen LogP contribution in [0.15, 0.2) is 22.2 Å². The van der Waals surface area contributed by atoms with E-state index in [1.165, 1.54) is 6.42 Å². The van der Waals surface area contributed by atoms with Crippen LogP contribution in [0.4, 0.5) is 0 Å². The molecule has 5 heteroatoms. The van der Waals surface area contributed by atoms with Crippen LogP contribution in [0.5, 0.6) is 0 Å². The SMILES string of the molecule is [C]=O.[C]=O.[C]=O.[Cl-].[W+][C]1=CC=CC1. The Hall–Kier alpha value is -0.532. The first-order valence-electron chi connectivity index (χ1n) is 2.53. The van der Waals surface area contributed by atoms with E-state index in [0.29, 0.717) is 0 Å². The molecule has 0 bridgehead atoms. The van der Waals surface area contributed by atoms with Crippen molar-refractivity contribution in [2.45, 2.75) is 6.42 Å². The first kappa shape index (κ1) is 22.9. The van der Waals surface area contributed by atoms with Gasteiger partial charge in [-0.15, -0.1) is 0 Å². The molecule has 1 aliphatic carbocycles. The number of rotatable bonds is 0. The van der Waals surface area contributed by atoms with E-state index in [1.54, 1.807) is 23.8 Å². The zero-order valence-corrected chi connectivity index (χ0v) is 10.1. The van der Waals surface area contributed by atoms with E-state index in [-0.39, 0.29) is 12.4 Å². The van der Waals surface area contributed by atoms with Crippen molar-refractivity contribution in [1.29, 1.82) is 0 Å². The number of carbonyl (C=O) groups excluding carboxylic acids is 3. The molecular formula is C8H5ClO3W. The molecule has 0 atom stereocenters. The Kier molecular flexibility index (Phi) is 52.8. The van der Waals surface area contributed by atoms with Crippen molar-refractivity contribution in [2.24, 2.45) is 0 Å². The molecule has 68 valence electrons. The van der Waals surface area contributed by atoms with Crippen LogP contribution in [0.1, 0.15) is 6.42 Å². The van der Waals surface area contributed by atoms with Gasteiger partial charge in [0.2, 0.25) is 0 Å². The van der Waals surface area contributed by atoms with Gasteiger partial charge in [-0.2, -0.15) is 0 Å². The molecule has 6 radical (unpaired) electrons. The van der Waals surface area contributed by atoms with Crippen LogP contribution in [-0.2, 0) is 34.2 Å². The Morgan fingerprint density at radius 2 is 1.46 bits per heavy atom. The molecule has 1 aliphatic rings. The Balaban J connectivity index is -0.0000000508. The molecule has 0 aliphatic heterocycles. The molecule has 0 aromatic carbocycles. The van der Waals surface area contributed by atoms with Gasteiger partial charge in [0, 0.05) is 0 Å². The van der Waals surface area contributed by atoms with E-state index in [9.17, 15) is 0 Å². The van der Waals surface area contributed by atoms with Gasteiger partial charge in [0.25, 0.3) is 20.4 Å². The van der Waals surface area contributed by atoms with Gasteiger partial charge in [-0.25, -0.2) is 0 Å². The predicted molar refractivity (Wildman–Crippen MR) is 38.9 cm³/mol. The van der Waals surface area contributed by atoms with Gasteiger partial charge in [0.05, 0.1) is 0 Å². The van der Waals surface area contributed by atoms with E-state index < -0.39 is 0 Å². The van der Waals surface area contributed by atoms with Crippen molar-refractivity contribution in [3.8, 4) is 0 Å². The van der Waals surface area contributed by atoms with E-state index in [0.717, 1.165) is 0 Å². The van der Waals surface area contributed by atoms with Gasteiger partial charge >= 0.3 is 48.4 Å². The van der Waals surface area contributed by atoms with Crippen molar-refractivity contribution in [1.82, 2.24) is 0 Å². The second kappa shape index (κ2) is 30.0. The van der Waals surface area contributed by atoms with Crippen LogP contribution >= 0.6 is 0 Å². The fraction of sp³-hybridized carbons (Fsp3) is 0.125. The zero-order chi connectivity index (χ0) is 10.4. The normalized spacial score (nSPS) is 9.38. The van der Waals surface area contributed by atoms with Gasteiger partial charge in [-0.05, 0) is 0 Å². The number of hydrogen-bond acceptors (Lipinski definition) is 3. The van der Waals surface area contributed by atoms with Crippen molar-refractivity contribution in [2.75, 3.05) is 0 Å². The fourth-order valence-electron chi connectivity index (χ4n) is 0.428. The summed E-state index contributed by atoms with van der Waals surface area (Å²) in [4.78, 5) is 22.5. The standard InChI is InChI=1S/C5H5.3CO.ClH.W/c1-2-4-5-3-1;3*1-2;;/h1-3H,4H2;;;;1H;/q;;;;;+1/p-1. The third-order valence-corrected chi connectivity index (χ3v) is 1.82. The second-order valence-corrected chi connectivity index (χ2v) is 3.15. The molecule has 3 nitrogen and oxygen atoms in total. The molecule has 0 unspecified atom stereocenters. The van der Waals surface area contributed by atoms with Gasteiger partial charge in [0.1, 0.15) is 0 Å². The Morgan fingerprint density at radius 1 is 1.08 bits per heavy atom. The molecule has 0 saturated carbocycles. The summed E-state index contributed by atoms with van der Waals surface area (Å²) >= 11 is 1.61. The summed E-state index contributed by atoms with van der Waals surface area (Å²) in [6, 6.07) is 0. The molecule has 0 spiro atoms. The first-order chi connectivity index (χ1) is 5.89. The van der Waals surface area contributed by atoms with Crippen molar-refractivity contribution in [3.05, 3.63) is 22.2 Å². The van der Waals surface area contributed by atoms with Crippen LogP contribution in [0.25, 0.3) is 0 Å². The number of allylic oxidation sites excluding steroid dienone is 4. The summed E-state index contributed by atoms with van der Waals surface area (Å²) in [5.41, 5.74) is 0. The van der Waals surface area contributed by atoms with Gasteiger partial charge in [-0.3, -0.25) is 14.4 Å². The van der Waals surface area contributed by atoms with E-state index >= 15 is 0 Å². The van der Waals surface area contributed by atoms with Crippen LogP contribution in [0, 0.1) is 0 Å². The van der Waals surface area contributed by atoms with Crippen molar-refractivity contribution in [3.63, 3.8) is 0 Å². The molecule has 0 amide bonds. The summed E-state index contributed by atoms with van der Waals surface area (Å²) in [5.74, 6) is 0. The number of hydrogen-bond donors (Lipinski definition) is 0. The molecule has 13 heavy (non-hydrogen) atoms. The maximum absolute atomic E-state index is 7.50. The monoisotopic (exact) mass is 368 g/mol. The molecule has 1 rings (SSSR count). The average Bonchev–Trinajstić information content (AvgIpc) is 2.66. The number of halogens is 1. The molecule has 0 saturated heterocycles. The van der Waals surface area contributed by atoms with Crippen LogP contribution in [-0.4, -0.2) is 20.4 Å². The quantitative estimate of drug-likeness (QED) is 0.464. The Morgan fingerprint density at radius 3 is 1.54 bits per heavy atom. The van der Waals surface area contributed by atoms with Gasteiger partial charge in [-0.1, -0.05) is 0 Å². The third kappa shape index (κ3) is 24.6. The Labute approximate surface area is 95.6 Å². The third-order valence-electron chi connectivity index (χ3n) is 0.737. The minimum atomic E-state index is 0. The zero-order valence-electron chi connectivity index (χ0n) is 6.45.